The normalized spacial score (nSPS) is 25.1. The summed E-state index contributed by atoms with van der Waals surface area (Å²) < 4.78 is 43.9. The van der Waals surface area contributed by atoms with E-state index in [2.05, 4.69) is 5.32 Å². The molecule has 1 aliphatic rings. The summed E-state index contributed by atoms with van der Waals surface area (Å²) >= 11 is 0. The summed E-state index contributed by atoms with van der Waals surface area (Å²) in [5, 5.41) is 2.98. The number of hydrogen-bond acceptors (Lipinski definition) is 3. The summed E-state index contributed by atoms with van der Waals surface area (Å²) in [6.45, 7) is 4.15. The molecule has 0 saturated heterocycles. The topological polar surface area (TPSA) is 38.3 Å². The lowest BCUT2D eigenvalue weighted by Gasteiger charge is -2.15. The third kappa shape index (κ3) is 4.85. The van der Waals surface area contributed by atoms with Gasteiger partial charge in [0.2, 0.25) is 0 Å². The minimum atomic E-state index is -4.46. The first-order chi connectivity index (χ1) is 9.36. The van der Waals surface area contributed by atoms with Crippen molar-refractivity contribution in [3.63, 3.8) is 0 Å². The molecule has 0 amide bonds. The van der Waals surface area contributed by atoms with Crippen LogP contribution in [-0.2, 0) is 9.53 Å². The molecule has 0 bridgehead atoms. The van der Waals surface area contributed by atoms with E-state index in [0.29, 0.717) is 13.1 Å². The lowest BCUT2D eigenvalue weighted by atomic mass is 10.0. The van der Waals surface area contributed by atoms with Crippen LogP contribution in [0.25, 0.3) is 0 Å². The van der Waals surface area contributed by atoms with Gasteiger partial charge in [-0.1, -0.05) is 19.1 Å². The molecule has 0 spiro atoms. The molecule has 0 aromatic heterocycles. The molecular weight excluding hydrogens is 271 g/mol. The number of rotatable bonds is 4. The number of carbonyl (C=O) groups excluding carboxylic acids is 1. The van der Waals surface area contributed by atoms with Crippen molar-refractivity contribution in [1.29, 1.82) is 0 Å². The fourth-order valence-corrected chi connectivity index (χ4v) is 1.74. The van der Waals surface area contributed by atoms with Crippen LogP contribution in [0.5, 0.6) is 0 Å². The van der Waals surface area contributed by atoms with Gasteiger partial charge in [-0.05, 0) is 38.1 Å². The van der Waals surface area contributed by atoms with E-state index >= 15 is 0 Å². The van der Waals surface area contributed by atoms with E-state index in [-0.39, 0.29) is 24.2 Å². The first-order valence-corrected chi connectivity index (χ1v) is 6.39. The molecule has 0 fully saturated rings. The maximum absolute atomic E-state index is 13.1. The molecule has 1 N–H and O–H groups in total. The van der Waals surface area contributed by atoms with Gasteiger partial charge in [-0.25, -0.2) is 4.79 Å². The van der Waals surface area contributed by atoms with Crippen molar-refractivity contribution in [2.45, 2.75) is 26.4 Å². The Hall–Kier alpha value is -1.56. The molecule has 0 radical (unpaired) electrons. The van der Waals surface area contributed by atoms with Crippen LogP contribution in [-0.4, -0.2) is 31.8 Å². The maximum Gasteiger partial charge on any atom is 0.416 e. The zero-order valence-corrected chi connectivity index (χ0v) is 11.5. The van der Waals surface area contributed by atoms with Crippen molar-refractivity contribution in [1.82, 2.24) is 5.32 Å². The average Bonchev–Trinajstić information content (AvgIpc) is 2.42. The zero-order valence-electron chi connectivity index (χ0n) is 11.5. The molecular formula is C14H18F3NO2. The summed E-state index contributed by atoms with van der Waals surface area (Å²) in [6, 6.07) is 0. The summed E-state index contributed by atoms with van der Waals surface area (Å²) in [4.78, 5) is 11.4. The average molecular weight is 289 g/mol. The van der Waals surface area contributed by atoms with Crippen LogP contribution >= 0.6 is 0 Å². The van der Waals surface area contributed by atoms with E-state index in [1.807, 2.05) is 6.92 Å². The van der Waals surface area contributed by atoms with E-state index in [0.717, 1.165) is 6.08 Å². The van der Waals surface area contributed by atoms with Gasteiger partial charge < -0.3 is 10.1 Å². The summed E-state index contributed by atoms with van der Waals surface area (Å²) in [7, 11) is 0. The van der Waals surface area contributed by atoms with Crippen LogP contribution in [0.15, 0.2) is 34.9 Å². The second-order valence-electron chi connectivity index (χ2n) is 4.36. The fourth-order valence-electron chi connectivity index (χ4n) is 1.74. The van der Waals surface area contributed by atoms with Crippen molar-refractivity contribution in [2.24, 2.45) is 0 Å². The molecule has 0 unspecified atom stereocenters. The fraction of sp³-hybridized carbons (Fsp3) is 0.500. The standard InChI is InChI=1S/C14H18F3NO2/c1-3-18-8-6-11-5-4-10(2)13(19)20-9-7-12(11)14(15,16)17/h4-5,7,18H,3,6,8-9H2,1-2H3/b10-4+,11-5-,12-7-. The van der Waals surface area contributed by atoms with E-state index in [4.69, 9.17) is 4.74 Å². The van der Waals surface area contributed by atoms with Gasteiger partial charge in [0.1, 0.15) is 6.61 Å². The van der Waals surface area contributed by atoms with E-state index in [1.54, 1.807) is 0 Å². The number of allylic oxidation sites excluding steroid dienone is 3. The second-order valence-corrected chi connectivity index (χ2v) is 4.36. The first-order valence-electron chi connectivity index (χ1n) is 6.39. The number of hydrogen-bond donors (Lipinski definition) is 1. The SMILES string of the molecule is CCNCCC1=C/C=C(\C)C(=O)OC\C=C\1C(F)(F)F. The number of esters is 1. The van der Waals surface area contributed by atoms with Crippen molar-refractivity contribution in [3.8, 4) is 0 Å². The lowest BCUT2D eigenvalue weighted by molar-refractivity contribution is -0.138. The predicted molar refractivity (Wildman–Crippen MR) is 70.1 cm³/mol. The second kappa shape index (κ2) is 7.28. The summed E-state index contributed by atoms with van der Waals surface area (Å²) in [5.74, 6) is -0.605. The van der Waals surface area contributed by atoms with Crippen molar-refractivity contribution in [2.75, 3.05) is 19.7 Å². The Morgan fingerprint density at radius 2 is 2.05 bits per heavy atom. The maximum atomic E-state index is 13.1. The minimum absolute atomic E-state index is 0.149. The van der Waals surface area contributed by atoms with Crippen LogP contribution in [0.3, 0.4) is 0 Å². The van der Waals surface area contributed by atoms with Crippen molar-refractivity contribution in [3.05, 3.63) is 34.9 Å². The monoisotopic (exact) mass is 289 g/mol. The molecule has 0 aliphatic carbocycles. The highest BCUT2D eigenvalue weighted by atomic mass is 19.4. The van der Waals surface area contributed by atoms with Crippen LogP contribution in [0.2, 0.25) is 0 Å². The molecule has 0 saturated carbocycles. The molecule has 3 nitrogen and oxygen atoms in total. The van der Waals surface area contributed by atoms with Gasteiger partial charge in [0.15, 0.2) is 0 Å². The van der Waals surface area contributed by atoms with E-state index < -0.39 is 17.7 Å². The van der Waals surface area contributed by atoms with E-state index in [9.17, 15) is 18.0 Å². The first kappa shape index (κ1) is 16.5. The van der Waals surface area contributed by atoms with Crippen LogP contribution < -0.4 is 5.32 Å². The molecule has 1 aliphatic heterocycles. The lowest BCUT2D eigenvalue weighted by Crippen LogP contribution is -2.19. The Kier molecular flexibility index (Phi) is 6.01. The quantitative estimate of drug-likeness (QED) is 0.639. The molecule has 0 atom stereocenters. The summed E-state index contributed by atoms with van der Waals surface area (Å²) in [5.41, 5.74) is -0.312. The van der Waals surface area contributed by atoms with Gasteiger partial charge in [-0.3, -0.25) is 0 Å². The van der Waals surface area contributed by atoms with Gasteiger partial charge in [0.05, 0.1) is 5.57 Å². The smallest absolute Gasteiger partial charge is 0.416 e. The highest BCUT2D eigenvalue weighted by Crippen LogP contribution is 2.33. The Morgan fingerprint density at radius 3 is 2.65 bits per heavy atom. The Bertz CT molecular complexity index is 448. The van der Waals surface area contributed by atoms with Crippen molar-refractivity contribution >= 4 is 5.97 Å². The van der Waals surface area contributed by atoms with Gasteiger partial charge in [-0.2, -0.15) is 13.2 Å². The third-order valence-corrected chi connectivity index (χ3v) is 2.83. The number of alkyl halides is 3. The van der Waals surface area contributed by atoms with Gasteiger partial charge in [0, 0.05) is 5.57 Å². The Balaban J connectivity index is 3.09. The number of cyclic esters (lactones) is 1. The molecule has 0 aromatic rings. The molecule has 6 heteroatoms. The van der Waals surface area contributed by atoms with Crippen LogP contribution in [0.4, 0.5) is 13.2 Å². The number of nitrogens with one attached hydrogen (secondary N) is 1. The Labute approximate surface area is 116 Å². The third-order valence-electron chi connectivity index (χ3n) is 2.83. The van der Waals surface area contributed by atoms with Crippen LogP contribution in [0, 0.1) is 0 Å². The summed E-state index contributed by atoms with van der Waals surface area (Å²) in [6.07, 6.45) is -0.594. The molecule has 112 valence electrons. The van der Waals surface area contributed by atoms with E-state index in [1.165, 1.54) is 19.1 Å². The van der Waals surface area contributed by atoms with Gasteiger partial charge in [-0.15, -0.1) is 0 Å². The molecule has 0 aromatic carbocycles. The predicted octanol–water partition coefficient (Wildman–Crippen LogP) is 2.90. The van der Waals surface area contributed by atoms with Crippen LogP contribution in [0.1, 0.15) is 20.3 Å². The molecule has 1 heterocycles. The minimum Gasteiger partial charge on any atom is -0.458 e. The number of ether oxygens (including phenoxy) is 1. The highest BCUT2D eigenvalue weighted by molar-refractivity contribution is 5.88. The Morgan fingerprint density at radius 1 is 1.35 bits per heavy atom. The van der Waals surface area contributed by atoms with Crippen molar-refractivity contribution < 1.29 is 22.7 Å². The van der Waals surface area contributed by atoms with Gasteiger partial charge in [0.25, 0.3) is 0 Å². The van der Waals surface area contributed by atoms with Gasteiger partial charge >= 0.3 is 12.1 Å². The molecule has 20 heavy (non-hydrogen) atoms. The highest BCUT2D eigenvalue weighted by Gasteiger charge is 2.35. The number of carbonyl (C=O) groups is 1. The largest absolute Gasteiger partial charge is 0.458 e. The number of halogens is 3. The molecule has 1 rings (SSSR count). The zero-order chi connectivity index (χ0) is 15.2.